The summed E-state index contributed by atoms with van der Waals surface area (Å²) in [5.41, 5.74) is 2.08. The van der Waals surface area contributed by atoms with E-state index in [4.69, 9.17) is 18.9 Å². The van der Waals surface area contributed by atoms with E-state index >= 15 is 0 Å². The second-order valence-corrected chi connectivity index (χ2v) is 6.66. The maximum atomic E-state index is 12.8. The summed E-state index contributed by atoms with van der Waals surface area (Å²) < 4.78 is 21.6. The Morgan fingerprint density at radius 2 is 1.85 bits per heavy atom. The lowest BCUT2D eigenvalue weighted by atomic mass is 9.83. The van der Waals surface area contributed by atoms with Gasteiger partial charge in [-0.25, -0.2) is 0 Å². The summed E-state index contributed by atoms with van der Waals surface area (Å²) in [5, 5.41) is 3.50. The third kappa shape index (κ3) is 3.32. The molecule has 1 N–H and O–H groups in total. The van der Waals surface area contributed by atoms with Crippen LogP contribution in [0.15, 0.2) is 42.5 Å². The molecule has 0 aromatic heterocycles. The zero-order chi connectivity index (χ0) is 18.8. The highest BCUT2D eigenvalue weighted by molar-refractivity contribution is 5.76. The molecule has 0 spiro atoms. The van der Waals surface area contributed by atoms with Crippen LogP contribution < -0.4 is 19.5 Å². The summed E-state index contributed by atoms with van der Waals surface area (Å²) in [5.74, 6) is 1.74. The molecule has 2 aromatic rings. The van der Waals surface area contributed by atoms with Crippen molar-refractivity contribution in [2.45, 2.75) is 18.9 Å². The molecule has 6 nitrogen and oxygen atoms in total. The molecular formula is C21H23NO5. The van der Waals surface area contributed by atoms with Crippen LogP contribution in [0.1, 0.15) is 30.0 Å². The van der Waals surface area contributed by atoms with Gasteiger partial charge in [-0.3, -0.25) is 4.79 Å². The molecule has 0 aliphatic carbocycles. The second kappa shape index (κ2) is 7.48. The Bertz CT molecular complexity index is 820. The fourth-order valence-electron chi connectivity index (χ4n) is 3.88. The average molecular weight is 369 g/mol. The number of benzene rings is 2. The molecule has 0 amide bonds. The molecule has 2 aliphatic rings. The van der Waals surface area contributed by atoms with E-state index < -0.39 is 0 Å². The van der Waals surface area contributed by atoms with Crippen molar-refractivity contribution in [2.24, 2.45) is 5.92 Å². The number of ether oxygens (including phenoxy) is 4. The highest BCUT2D eigenvalue weighted by Crippen LogP contribution is 2.43. The van der Waals surface area contributed by atoms with Gasteiger partial charge in [-0.05, 0) is 42.3 Å². The number of nitrogens with one attached hydrogen (secondary N) is 1. The maximum Gasteiger partial charge on any atom is 0.311 e. The predicted molar refractivity (Wildman–Crippen MR) is 99.2 cm³/mol. The first-order valence-corrected chi connectivity index (χ1v) is 9.14. The van der Waals surface area contributed by atoms with E-state index in [-0.39, 0.29) is 30.6 Å². The number of hydrogen-bond donors (Lipinski definition) is 1. The Balaban J connectivity index is 1.66. The van der Waals surface area contributed by atoms with Crippen LogP contribution in [0.2, 0.25) is 0 Å². The zero-order valence-electron chi connectivity index (χ0n) is 15.4. The summed E-state index contributed by atoms with van der Waals surface area (Å²) in [4.78, 5) is 12.8. The Morgan fingerprint density at radius 3 is 2.59 bits per heavy atom. The maximum absolute atomic E-state index is 12.8. The van der Waals surface area contributed by atoms with Crippen LogP contribution >= 0.6 is 0 Å². The number of esters is 1. The highest BCUT2D eigenvalue weighted by Gasteiger charge is 2.43. The molecule has 142 valence electrons. The van der Waals surface area contributed by atoms with E-state index in [1.165, 1.54) is 0 Å². The van der Waals surface area contributed by atoms with Gasteiger partial charge >= 0.3 is 5.97 Å². The molecule has 2 aromatic carbocycles. The van der Waals surface area contributed by atoms with Crippen molar-refractivity contribution in [3.63, 3.8) is 0 Å². The summed E-state index contributed by atoms with van der Waals surface area (Å²) in [7, 11) is 1.64. The lowest BCUT2D eigenvalue weighted by Crippen LogP contribution is -2.27. The van der Waals surface area contributed by atoms with Crippen LogP contribution in [0.25, 0.3) is 0 Å². The molecule has 0 saturated carbocycles. The van der Waals surface area contributed by atoms with Gasteiger partial charge in [0.2, 0.25) is 6.79 Å². The van der Waals surface area contributed by atoms with Crippen molar-refractivity contribution in [3.05, 3.63) is 53.6 Å². The average Bonchev–Trinajstić information content (AvgIpc) is 3.34. The van der Waals surface area contributed by atoms with Gasteiger partial charge in [0.05, 0.1) is 19.6 Å². The third-order valence-electron chi connectivity index (χ3n) is 5.21. The third-order valence-corrected chi connectivity index (χ3v) is 5.21. The minimum atomic E-state index is -0.321. The van der Waals surface area contributed by atoms with Crippen LogP contribution in [0, 0.1) is 5.92 Å². The Morgan fingerprint density at radius 1 is 1.11 bits per heavy atom. The molecular weight excluding hydrogens is 346 g/mol. The van der Waals surface area contributed by atoms with Gasteiger partial charge in [0.1, 0.15) is 5.75 Å². The topological polar surface area (TPSA) is 66.0 Å². The Labute approximate surface area is 158 Å². The number of fused-ring (bicyclic) bond motifs is 1. The van der Waals surface area contributed by atoms with E-state index in [1.807, 2.05) is 49.4 Å². The van der Waals surface area contributed by atoms with Gasteiger partial charge < -0.3 is 24.3 Å². The van der Waals surface area contributed by atoms with Crippen molar-refractivity contribution < 1.29 is 23.7 Å². The highest BCUT2D eigenvalue weighted by atomic mass is 16.7. The van der Waals surface area contributed by atoms with E-state index in [0.29, 0.717) is 13.2 Å². The molecule has 27 heavy (non-hydrogen) atoms. The summed E-state index contributed by atoms with van der Waals surface area (Å²) in [6, 6.07) is 13.6. The second-order valence-electron chi connectivity index (χ2n) is 6.66. The van der Waals surface area contributed by atoms with Crippen molar-refractivity contribution in [3.8, 4) is 17.2 Å². The van der Waals surface area contributed by atoms with Crippen LogP contribution in [-0.2, 0) is 9.53 Å². The molecule has 2 heterocycles. The summed E-state index contributed by atoms with van der Waals surface area (Å²) >= 11 is 0. The SMILES string of the molecule is CCOC(=O)[C@@H]1C(c2ccc3c(c2)OCO3)CN[C@@H]1c1ccc(OC)cc1. The largest absolute Gasteiger partial charge is 0.497 e. The van der Waals surface area contributed by atoms with E-state index in [1.54, 1.807) is 7.11 Å². The minimum absolute atomic E-state index is 0.00866. The van der Waals surface area contributed by atoms with E-state index in [0.717, 1.165) is 28.4 Å². The molecule has 4 rings (SSSR count). The van der Waals surface area contributed by atoms with Crippen LogP contribution in [-0.4, -0.2) is 33.0 Å². The monoisotopic (exact) mass is 369 g/mol. The summed E-state index contributed by atoms with van der Waals surface area (Å²) in [6.07, 6.45) is 0. The van der Waals surface area contributed by atoms with Crippen molar-refractivity contribution in [1.29, 1.82) is 0 Å². The van der Waals surface area contributed by atoms with Gasteiger partial charge in [0.15, 0.2) is 11.5 Å². The van der Waals surface area contributed by atoms with Crippen molar-refractivity contribution in [1.82, 2.24) is 5.32 Å². The van der Waals surface area contributed by atoms with E-state index in [2.05, 4.69) is 5.32 Å². The minimum Gasteiger partial charge on any atom is -0.497 e. The van der Waals surface area contributed by atoms with E-state index in [9.17, 15) is 4.79 Å². The fraction of sp³-hybridized carbons (Fsp3) is 0.381. The molecule has 0 bridgehead atoms. The van der Waals surface area contributed by atoms with Crippen LogP contribution in [0.4, 0.5) is 0 Å². The standard InChI is InChI=1S/C21H23NO5/c1-3-25-21(23)19-16(14-6-9-17-18(10-14)27-12-26-17)11-22-20(19)13-4-7-15(24-2)8-5-13/h4-10,16,19-20,22H,3,11-12H2,1-2H3/t16?,19-,20-/m1/s1. The summed E-state index contributed by atoms with van der Waals surface area (Å²) in [6.45, 7) is 3.11. The molecule has 2 aliphatic heterocycles. The smallest absolute Gasteiger partial charge is 0.311 e. The first kappa shape index (κ1) is 17.7. The fourth-order valence-corrected chi connectivity index (χ4v) is 3.88. The number of carbonyl (C=O) groups is 1. The predicted octanol–water partition coefficient (Wildman–Crippen LogP) is 3.03. The first-order chi connectivity index (χ1) is 13.2. The molecule has 1 fully saturated rings. The van der Waals surface area contributed by atoms with Gasteiger partial charge in [0.25, 0.3) is 0 Å². The molecule has 6 heteroatoms. The van der Waals surface area contributed by atoms with Crippen LogP contribution in [0.3, 0.4) is 0 Å². The Kier molecular flexibility index (Phi) is 4.90. The van der Waals surface area contributed by atoms with Gasteiger partial charge in [-0.1, -0.05) is 18.2 Å². The number of hydrogen-bond acceptors (Lipinski definition) is 6. The van der Waals surface area contributed by atoms with Gasteiger partial charge in [0, 0.05) is 18.5 Å². The molecule has 3 atom stereocenters. The zero-order valence-corrected chi connectivity index (χ0v) is 15.4. The van der Waals surface area contributed by atoms with Crippen molar-refractivity contribution in [2.75, 3.05) is 27.1 Å². The van der Waals surface area contributed by atoms with Crippen molar-refractivity contribution >= 4 is 5.97 Å². The lowest BCUT2D eigenvalue weighted by molar-refractivity contribution is -0.148. The van der Waals surface area contributed by atoms with Gasteiger partial charge in [-0.15, -0.1) is 0 Å². The number of carbonyl (C=O) groups excluding carboxylic acids is 1. The number of methoxy groups -OCH3 is 1. The molecule has 1 saturated heterocycles. The normalized spacial score (nSPS) is 23.3. The Hall–Kier alpha value is -2.73. The van der Waals surface area contributed by atoms with Gasteiger partial charge in [-0.2, -0.15) is 0 Å². The molecule has 1 unspecified atom stereocenters. The number of rotatable bonds is 5. The van der Waals surface area contributed by atoms with Crippen LogP contribution in [0.5, 0.6) is 17.2 Å². The quantitative estimate of drug-likeness (QED) is 0.818. The first-order valence-electron chi connectivity index (χ1n) is 9.14. The molecule has 0 radical (unpaired) electrons. The lowest BCUT2D eigenvalue weighted by Gasteiger charge is -2.23.